The van der Waals surface area contributed by atoms with Gasteiger partial charge in [0.05, 0.1) is 0 Å². The zero-order valence-electron chi connectivity index (χ0n) is 8.53. The highest BCUT2D eigenvalue weighted by Crippen LogP contribution is 2.32. The molecule has 1 aliphatic rings. The van der Waals surface area contributed by atoms with E-state index in [1.807, 2.05) is 0 Å². The van der Waals surface area contributed by atoms with Crippen molar-refractivity contribution in [3.63, 3.8) is 0 Å². The van der Waals surface area contributed by atoms with Crippen LogP contribution in [0.5, 0.6) is 0 Å². The third-order valence-electron chi connectivity index (χ3n) is 1.39. The lowest BCUT2D eigenvalue weighted by Crippen LogP contribution is -1.68. The maximum Gasteiger partial charge on any atom is -0.0414 e. The zero-order chi connectivity index (χ0) is 9.11. The molecule has 0 heterocycles. The molecular formula is C11H24. The monoisotopic (exact) mass is 156 g/mol. The Hall–Kier alpha value is -0.260. The van der Waals surface area contributed by atoms with Crippen molar-refractivity contribution in [2.24, 2.45) is 5.92 Å². The quantitative estimate of drug-likeness (QED) is 0.519. The topological polar surface area (TPSA) is 0 Å². The zero-order valence-corrected chi connectivity index (χ0v) is 8.53. The van der Waals surface area contributed by atoms with Crippen LogP contribution in [0.15, 0.2) is 13.2 Å². The minimum absolute atomic E-state index is 1.15. The van der Waals surface area contributed by atoms with Crippen LogP contribution in [0.4, 0.5) is 0 Å². The van der Waals surface area contributed by atoms with Crippen molar-refractivity contribution in [3.05, 3.63) is 13.2 Å². The molecule has 0 N–H and O–H groups in total. The minimum atomic E-state index is 1.15. The molecule has 68 valence electrons. The van der Waals surface area contributed by atoms with E-state index in [1.165, 1.54) is 32.1 Å². The van der Waals surface area contributed by atoms with E-state index in [0.29, 0.717) is 0 Å². The van der Waals surface area contributed by atoms with Gasteiger partial charge in [0.1, 0.15) is 0 Å². The van der Waals surface area contributed by atoms with Gasteiger partial charge >= 0.3 is 0 Å². The van der Waals surface area contributed by atoms with E-state index >= 15 is 0 Å². The summed E-state index contributed by atoms with van der Waals surface area (Å²) in [4.78, 5) is 0. The molecule has 11 heavy (non-hydrogen) atoms. The molecule has 0 unspecified atom stereocenters. The Kier molecular flexibility index (Phi) is 15.1. The summed E-state index contributed by atoms with van der Waals surface area (Å²) in [7, 11) is 0. The van der Waals surface area contributed by atoms with Gasteiger partial charge < -0.3 is 0 Å². The molecule has 0 saturated heterocycles. The van der Waals surface area contributed by atoms with Gasteiger partial charge in [0.2, 0.25) is 0 Å². The van der Waals surface area contributed by atoms with Crippen LogP contribution in [0.25, 0.3) is 0 Å². The van der Waals surface area contributed by atoms with E-state index in [2.05, 4.69) is 33.9 Å². The molecule has 0 spiro atoms. The van der Waals surface area contributed by atoms with Crippen molar-refractivity contribution < 1.29 is 0 Å². The Bertz CT molecular complexity index is 53.1. The summed E-state index contributed by atoms with van der Waals surface area (Å²) in [5.41, 5.74) is 0. The molecule has 0 aromatic heterocycles. The van der Waals surface area contributed by atoms with Crippen molar-refractivity contribution in [1.29, 1.82) is 0 Å². The van der Waals surface area contributed by atoms with Gasteiger partial charge in [0.25, 0.3) is 0 Å². The Balaban J connectivity index is 0. The van der Waals surface area contributed by atoms with Gasteiger partial charge in [0.15, 0.2) is 0 Å². The molecule has 0 nitrogen and oxygen atoms in total. The summed E-state index contributed by atoms with van der Waals surface area (Å²) in [6.45, 7) is 12.5. The Morgan fingerprint density at radius 3 is 1.55 bits per heavy atom. The van der Waals surface area contributed by atoms with Gasteiger partial charge in [0, 0.05) is 0 Å². The maximum absolute atomic E-state index is 3.00. The van der Waals surface area contributed by atoms with Crippen molar-refractivity contribution in [1.82, 2.24) is 0 Å². The van der Waals surface area contributed by atoms with E-state index in [9.17, 15) is 0 Å². The van der Waals surface area contributed by atoms with E-state index in [4.69, 9.17) is 0 Å². The summed E-state index contributed by atoms with van der Waals surface area (Å²) >= 11 is 0. The van der Waals surface area contributed by atoms with E-state index in [1.54, 1.807) is 0 Å². The molecule has 0 bridgehead atoms. The molecule has 1 fully saturated rings. The second kappa shape index (κ2) is 12.4. The fourth-order valence-corrected chi connectivity index (χ4v) is 0.815. The average Bonchev–Trinajstić information content (AvgIpc) is 2.79. The highest BCUT2D eigenvalue weighted by atomic mass is 14.2. The van der Waals surface area contributed by atoms with Crippen molar-refractivity contribution in [2.75, 3.05) is 0 Å². The van der Waals surface area contributed by atoms with Crippen LogP contribution in [0.3, 0.4) is 0 Å². The van der Waals surface area contributed by atoms with Gasteiger partial charge in [-0.05, 0) is 5.92 Å². The third kappa shape index (κ3) is 17.7. The van der Waals surface area contributed by atoms with Crippen molar-refractivity contribution >= 4 is 0 Å². The van der Waals surface area contributed by atoms with Gasteiger partial charge in [-0.2, -0.15) is 0 Å². The highest BCUT2D eigenvalue weighted by Gasteiger charge is 2.18. The first kappa shape index (κ1) is 13.3. The average molecular weight is 156 g/mol. The second-order valence-electron chi connectivity index (χ2n) is 2.94. The van der Waals surface area contributed by atoms with Crippen LogP contribution in [-0.2, 0) is 0 Å². The summed E-state index contributed by atoms with van der Waals surface area (Å²) in [6, 6.07) is 0. The Morgan fingerprint density at radius 2 is 1.45 bits per heavy atom. The predicted octanol–water partition coefficient (Wildman–Crippen LogP) is 4.42. The first-order valence-electron chi connectivity index (χ1n) is 4.85. The predicted molar refractivity (Wildman–Crippen MR) is 54.9 cm³/mol. The molecule has 0 aromatic rings. The second-order valence-corrected chi connectivity index (χ2v) is 2.94. The minimum Gasteiger partial charge on any atom is -0.106 e. The SMILES string of the molecule is C=C.CCC.CCCC1CC1. The maximum atomic E-state index is 3.00. The molecule has 0 atom stereocenters. The molecule has 1 aliphatic carbocycles. The van der Waals surface area contributed by atoms with Crippen LogP contribution in [0.2, 0.25) is 0 Å². The van der Waals surface area contributed by atoms with Crippen LogP contribution in [-0.4, -0.2) is 0 Å². The van der Waals surface area contributed by atoms with E-state index in [-0.39, 0.29) is 0 Å². The first-order valence-corrected chi connectivity index (χ1v) is 4.85. The van der Waals surface area contributed by atoms with Crippen molar-refractivity contribution in [2.45, 2.75) is 52.9 Å². The smallest absolute Gasteiger partial charge is 0.0414 e. The van der Waals surface area contributed by atoms with Gasteiger partial charge in [-0.15, -0.1) is 13.2 Å². The van der Waals surface area contributed by atoms with E-state index in [0.717, 1.165) is 5.92 Å². The molecular weight excluding hydrogens is 132 g/mol. The normalized spacial score (nSPS) is 13.7. The summed E-state index contributed by atoms with van der Waals surface area (Å²) in [6.07, 6.45) is 7.17. The Labute approximate surface area is 72.7 Å². The van der Waals surface area contributed by atoms with Crippen LogP contribution in [0.1, 0.15) is 52.9 Å². The fraction of sp³-hybridized carbons (Fsp3) is 0.818. The van der Waals surface area contributed by atoms with Crippen LogP contribution < -0.4 is 0 Å². The van der Waals surface area contributed by atoms with Gasteiger partial charge in [-0.25, -0.2) is 0 Å². The standard InChI is InChI=1S/C6H12.C3H8.C2H4/c1-2-3-6-4-5-6;1-3-2;1-2/h6H,2-5H2,1H3;3H2,1-2H3;1-2H2. The van der Waals surface area contributed by atoms with Gasteiger partial charge in [-0.3, -0.25) is 0 Å². The van der Waals surface area contributed by atoms with Crippen molar-refractivity contribution in [3.8, 4) is 0 Å². The lowest BCUT2D eigenvalue weighted by Gasteiger charge is -1.82. The van der Waals surface area contributed by atoms with E-state index < -0.39 is 0 Å². The summed E-state index contributed by atoms with van der Waals surface area (Å²) in [5.74, 6) is 1.15. The Morgan fingerprint density at radius 1 is 1.09 bits per heavy atom. The number of hydrogen-bond donors (Lipinski definition) is 0. The summed E-state index contributed by atoms with van der Waals surface area (Å²) < 4.78 is 0. The fourth-order valence-electron chi connectivity index (χ4n) is 0.815. The third-order valence-corrected chi connectivity index (χ3v) is 1.39. The number of hydrogen-bond acceptors (Lipinski definition) is 0. The molecule has 0 aromatic carbocycles. The molecule has 1 saturated carbocycles. The molecule has 0 heteroatoms. The molecule has 0 radical (unpaired) electrons. The molecule has 0 amide bonds. The molecule has 0 aliphatic heterocycles. The number of rotatable bonds is 2. The molecule has 1 rings (SSSR count). The first-order chi connectivity index (χ1) is 5.35. The lowest BCUT2D eigenvalue weighted by molar-refractivity contribution is 0.708. The van der Waals surface area contributed by atoms with Crippen LogP contribution >= 0.6 is 0 Å². The van der Waals surface area contributed by atoms with Gasteiger partial charge in [-0.1, -0.05) is 52.9 Å². The largest absolute Gasteiger partial charge is 0.106 e. The highest BCUT2D eigenvalue weighted by molar-refractivity contribution is 4.71. The lowest BCUT2D eigenvalue weighted by atomic mass is 10.2. The van der Waals surface area contributed by atoms with Crippen LogP contribution in [0, 0.1) is 5.92 Å². The summed E-state index contributed by atoms with van der Waals surface area (Å²) in [5, 5.41) is 0.